The van der Waals surface area contributed by atoms with Crippen molar-refractivity contribution >= 4 is 41.0 Å². The Labute approximate surface area is 292 Å². The van der Waals surface area contributed by atoms with Crippen LogP contribution >= 0.6 is 0 Å². The lowest BCUT2D eigenvalue weighted by Gasteiger charge is -2.36. The molecular weight excluding hydrogens is 642 g/mol. The van der Waals surface area contributed by atoms with Crippen molar-refractivity contribution in [2.45, 2.75) is 108 Å². The van der Waals surface area contributed by atoms with Gasteiger partial charge in [0.2, 0.25) is 23.6 Å². The number of Topliss-reactive ketones (excluding diaryl/α,β-unsaturated/α-hetero) is 1. The molecular formula is C37H49N5O8. The van der Waals surface area contributed by atoms with E-state index in [0.717, 1.165) is 5.56 Å². The number of amides is 5. The third-order valence-electron chi connectivity index (χ3n) is 9.35. The zero-order valence-corrected chi connectivity index (χ0v) is 29.0. The average molecular weight is 692 g/mol. The molecule has 270 valence electrons. The maximum absolute atomic E-state index is 14.1. The third-order valence-corrected chi connectivity index (χ3v) is 9.35. The monoisotopic (exact) mass is 691 g/mol. The minimum Gasteiger partial charge on any atom is -0.484 e. The minimum atomic E-state index is -1.37. The smallest absolute Gasteiger partial charge is 0.262 e. The van der Waals surface area contributed by atoms with E-state index < -0.39 is 53.4 Å². The molecule has 2 aliphatic heterocycles. The van der Waals surface area contributed by atoms with E-state index in [-0.39, 0.29) is 44.0 Å². The average Bonchev–Trinajstić information content (AvgIpc) is 3.60. The number of ketones is 1. The Balaban J connectivity index is 1.45. The maximum atomic E-state index is 14.1. The van der Waals surface area contributed by atoms with E-state index >= 15 is 0 Å². The van der Waals surface area contributed by atoms with Gasteiger partial charge in [-0.25, -0.2) is 0 Å². The first-order chi connectivity index (χ1) is 23.9. The lowest BCUT2D eigenvalue weighted by molar-refractivity contribution is -0.144. The van der Waals surface area contributed by atoms with Crippen molar-refractivity contribution in [1.29, 1.82) is 0 Å². The lowest BCUT2D eigenvalue weighted by atomic mass is 9.94. The summed E-state index contributed by atoms with van der Waals surface area (Å²) in [5, 5.41) is 20.7. The molecule has 2 aliphatic rings. The molecule has 13 heteroatoms. The number of nitrogens with one attached hydrogen (secondary N) is 4. The van der Waals surface area contributed by atoms with Crippen LogP contribution in [0.25, 0.3) is 0 Å². The van der Waals surface area contributed by atoms with E-state index in [0.29, 0.717) is 50.1 Å². The molecule has 0 radical (unpaired) electrons. The summed E-state index contributed by atoms with van der Waals surface area (Å²) < 4.78 is 5.64. The van der Waals surface area contributed by atoms with Crippen LogP contribution in [0.3, 0.4) is 0 Å². The summed E-state index contributed by atoms with van der Waals surface area (Å²) in [6.45, 7) is 4.91. The summed E-state index contributed by atoms with van der Waals surface area (Å²) in [5.41, 5.74) is 0.00535. The van der Waals surface area contributed by atoms with Gasteiger partial charge in [-0.15, -0.1) is 0 Å². The largest absolute Gasteiger partial charge is 0.484 e. The van der Waals surface area contributed by atoms with Gasteiger partial charge in [0.15, 0.2) is 12.4 Å². The predicted molar refractivity (Wildman–Crippen MR) is 186 cm³/mol. The molecule has 50 heavy (non-hydrogen) atoms. The molecule has 4 rings (SSSR count). The highest BCUT2D eigenvalue weighted by molar-refractivity contribution is 5.99. The Morgan fingerprint density at radius 3 is 2.38 bits per heavy atom. The number of anilines is 1. The van der Waals surface area contributed by atoms with Crippen LogP contribution in [0, 0.1) is 0 Å². The topological polar surface area (TPSA) is 183 Å². The molecule has 13 nitrogen and oxygen atoms in total. The van der Waals surface area contributed by atoms with Gasteiger partial charge in [-0.3, -0.25) is 28.8 Å². The number of nitrogens with zero attached hydrogens (tertiary/aromatic N) is 1. The molecule has 5 N–H and O–H groups in total. The second-order valence-electron chi connectivity index (χ2n) is 13.2. The molecule has 0 unspecified atom stereocenters. The van der Waals surface area contributed by atoms with Crippen molar-refractivity contribution in [3.8, 4) is 5.75 Å². The zero-order chi connectivity index (χ0) is 36.3. The van der Waals surface area contributed by atoms with Crippen LogP contribution in [0.1, 0.15) is 77.7 Å². The normalized spacial score (nSPS) is 23.4. The number of aliphatic hydroxyl groups excluding tert-OH is 1. The fourth-order valence-corrected chi connectivity index (χ4v) is 6.08. The summed E-state index contributed by atoms with van der Waals surface area (Å²) in [7, 11) is 0. The first kappa shape index (κ1) is 38.0. The van der Waals surface area contributed by atoms with Gasteiger partial charge in [0.25, 0.3) is 5.91 Å². The Morgan fingerprint density at radius 1 is 0.980 bits per heavy atom. The fraction of sp³-hybridized carbons (Fsp3) is 0.514. The van der Waals surface area contributed by atoms with E-state index in [2.05, 4.69) is 21.3 Å². The van der Waals surface area contributed by atoms with Gasteiger partial charge in [0.05, 0.1) is 0 Å². The van der Waals surface area contributed by atoms with Crippen molar-refractivity contribution in [2.24, 2.45) is 0 Å². The molecule has 0 saturated carbocycles. The quantitative estimate of drug-likeness (QED) is 0.187. The molecule has 0 spiro atoms. The Morgan fingerprint density at radius 2 is 1.70 bits per heavy atom. The SMILES string of the molecule is CC[C@]1(C)NC(=O)[C@H](CCCCCC(=O)[C@@H](C)O)NC(=O)[C@H]2CCCN2C(=O)[C@H](Cc2ccc(OCC(=O)Nc3ccccc3)cc2)NC1=O. The highest BCUT2D eigenvalue weighted by atomic mass is 16.5. The highest BCUT2D eigenvalue weighted by Crippen LogP contribution is 2.23. The first-order valence-electron chi connectivity index (χ1n) is 17.4. The van der Waals surface area contributed by atoms with Gasteiger partial charge in [0.1, 0.15) is 35.5 Å². The van der Waals surface area contributed by atoms with Gasteiger partial charge in [-0.2, -0.15) is 0 Å². The van der Waals surface area contributed by atoms with Gasteiger partial charge < -0.3 is 36.0 Å². The Hall–Kier alpha value is -4.78. The van der Waals surface area contributed by atoms with Crippen LogP contribution in [-0.4, -0.2) is 88.2 Å². The van der Waals surface area contributed by atoms with Crippen molar-refractivity contribution in [2.75, 3.05) is 18.5 Å². The Bertz CT molecular complexity index is 1520. The van der Waals surface area contributed by atoms with E-state index in [4.69, 9.17) is 4.74 Å². The van der Waals surface area contributed by atoms with Crippen LogP contribution in [0.2, 0.25) is 0 Å². The lowest BCUT2D eigenvalue weighted by Crippen LogP contribution is -2.65. The van der Waals surface area contributed by atoms with Crippen LogP contribution in [-0.2, 0) is 35.2 Å². The zero-order valence-electron chi connectivity index (χ0n) is 29.0. The number of rotatable bonds is 14. The van der Waals surface area contributed by atoms with E-state index in [1.165, 1.54) is 11.8 Å². The van der Waals surface area contributed by atoms with E-state index in [1.54, 1.807) is 50.2 Å². The first-order valence-corrected chi connectivity index (χ1v) is 17.4. The number of unbranched alkanes of at least 4 members (excludes halogenated alkanes) is 2. The van der Waals surface area contributed by atoms with Gasteiger partial charge in [-0.05, 0) is 75.8 Å². The number of hydrogen-bond donors (Lipinski definition) is 5. The van der Waals surface area contributed by atoms with Gasteiger partial charge in [-0.1, -0.05) is 50.1 Å². The van der Waals surface area contributed by atoms with E-state index in [1.807, 2.05) is 18.2 Å². The summed E-state index contributed by atoms with van der Waals surface area (Å²) in [4.78, 5) is 80.6. The minimum absolute atomic E-state index is 0.123. The van der Waals surface area contributed by atoms with Crippen LogP contribution in [0.5, 0.6) is 5.75 Å². The molecule has 2 aromatic rings. The maximum Gasteiger partial charge on any atom is 0.262 e. The molecule has 0 aliphatic carbocycles. The number of ether oxygens (including phenoxy) is 1. The van der Waals surface area contributed by atoms with Crippen LogP contribution in [0.15, 0.2) is 54.6 Å². The summed E-state index contributed by atoms with van der Waals surface area (Å²) in [5.74, 6) is -1.95. The highest BCUT2D eigenvalue weighted by Gasteiger charge is 2.43. The number of benzene rings is 2. The van der Waals surface area contributed by atoms with Crippen molar-refractivity contribution in [3.63, 3.8) is 0 Å². The molecule has 5 atom stereocenters. The second kappa shape index (κ2) is 17.7. The standard InChI is InChI=1S/C37H49N5O8/c1-4-37(3)36(49)40-29(22-25-17-19-27(20-18-25)50-23-32(45)38-26-12-7-5-8-13-26)35(48)42-21-11-15-30(42)34(47)39-28(33(46)41-37)14-9-6-10-16-31(44)24(2)43/h5,7-8,12-13,17-20,24,28-30,43H,4,6,9-11,14-16,21-23H2,1-3H3,(H,38,45)(H,39,47)(H,40,49)(H,41,46)/t24-,28+,29+,30-,37+/m1/s1. The third kappa shape index (κ3) is 10.4. The number of fused-ring (bicyclic) bond motifs is 1. The number of hydrogen-bond acceptors (Lipinski definition) is 8. The molecule has 2 aromatic carbocycles. The summed E-state index contributed by atoms with van der Waals surface area (Å²) >= 11 is 0. The summed E-state index contributed by atoms with van der Waals surface area (Å²) in [6.07, 6.45) is 2.52. The molecule has 2 heterocycles. The van der Waals surface area contributed by atoms with Crippen molar-refractivity contribution in [3.05, 3.63) is 60.2 Å². The number of para-hydroxylation sites is 1. The molecule has 0 aromatic heterocycles. The molecule has 2 fully saturated rings. The predicted octanol–water partition coefficient (Wildman–Crippen LogP) is 2.41. The van der Waals surface area contributed by atoms with Crippen LogP contribution in [0.4, 0.5) is 5.69 Å². The molecule has 0 bridgehead atoms. The molecule has 5 amide bonds. The number of carbonyl (C=O) groups excluding carboxylic acids is 6. The Kier molecular flexibility index (Phi) is 13.5. The summed E-state index contributed by atoms with van der Waals surface area (Å²) in [6, 6.07) is 13.1. The van der Waals surface area contributed by atoms with Crippen LogP contribution < -0.4 is 26.0 Å². The fourth-order valence-electron chi connectivity index (χ4n) is 6.08. The van der Waals surface area contributed by atoms with Crippen molar-refractivity contribution in [1.82, 2.24) is 20.9 Å². The van der Waals surface area contributed by atoms with Crippen molar-refractivity contribution < 1.29 is 38.6 Å². The second-order valence-corrected chi connectivity index (χ2v) is 13.2. The van der Waals surface area contributed by atoms with E-state index in [9.17, 15) is 33.9 Å². The number of carbonyl (C=O) groups is 6. The molecule has 2 saturated heterocycles. The van der Waals surface area contributed by atoms with Gasteiger partial charge >= 0.3 is 0 Å². The van der Waals surface area contributed by atoms with Gasteiger partial charge in [0, 0.05) is 25.1 Å². The number of aliphatic hydroxyl groups is 1.